The van der Waals surface area contributed by atoms with Crippen LogP contribution in [0.5, 0.6) is 0 Å². The van der Waals surface area contributed by atoms with Crippen LogP contribution in [-0.4, -0.2) is 0 Å². The first-order chi connectivity index (χ1) is 27.2. The van der Waals surface area contributed by atoms with E-state index in [2.05, 4.69) is 175 Å². The summed E-state index contributed by atoms with van der Waals surface area (Å²) in [6.07, 6.45) is 0. The number of benzene rings is 10. The molecule has 0 aliphatic heterocycles. The summed E-state index contributed by atoms with van der Waals surface area (Å²) in [4.78, 5) is 3.71. The van der Waals surface area contributed by atoms with Crippen LogP contribution in [0.4, 0.5) is 5.69 Å². The van der Waals surface area contributed by atoms with Gasteiger partial charge in [-0.25, -0.2) is 4.85 Å². The molecule has 0 saturated carbocycles. The molecule has 254 valence electrons. The summed E-state index contributed by atoms with van der Waals surface area (Å²) in [5, 5.41) is 11.9. The number of rotatable bonds is 4. The summed E-state index contributed by atoms with van der Waals surface area (Å²) in [7, 11) is 0. The summed E-state index contributed by atoms with van der Waals surface area (Å²) in [6.45, 7) is 7.66. The van der Waals surface area contributed by atoms with Crippen molar-refractivity contribution in [2.75, 3.05) is 0 Å². The van der Waals surface area contributed by atoms with Crippen molar-refractivity contribution < 1.29 is 4.42 Å². The highest BCUT2D eigenvalue weighted by atomic mass is 16.3. The first kappa shape index (κ1) is 31.1. The van der Waals surface area contributed by atoms with E-state index >= 15 is 0 Å². The lowest BCUT2D eigenvalue weighted by Gasteiger charge is -2.19. The molecular weight excluding hydrogens is 667 g/mol. The average molecular weight is 698 g/mol. The summed E-state index contributed by atoms with van der Waals surface area (Å²) in [6, 6.07) is 67.6. The van der Waals surface area contributed by atoms with Gasteiger partial charge in [-0.15, -0.1) is 0 Å². The Bertz CT molecular complexity index is 3380. The molecule has 0 radical (unpaired) electrons. The van der Waals surface area contributed by atoms with Crippen LogP contribution in [0.3, 0.4) is 0 Å². The van der Waals surface area contributed by atoms with E-state index in [1.54, 1.807) is 0 Å². The molecule has 55 heavy (non-hydrogen) atoms. The Hall–Kier alpha value is -7.47. The van der Waals surface area contributed by atoms with Crippen molar-refractivity contribution in [3.8, 4) is 44.5 Å². The van der Waals surface area contributed by atoms with Gasteiger partial charge in [-0.1, -0.05) is 170 Å². The highest BCUT2D eigenvalue weighted by molar-refractivity contribution is 6.22. The van der Waals surface area contributed by atoms with Gasteiger partial charge >= 0.3 is 0 Å². The molecule has 0 atom stereocenters. The molecule has 0 spiro atoms. The molecule has 11 rings (SSSR count). The highest BCUT2D eigenvalue weighted by Crippen LogP contribution is 2.46. The molecule has 0 aliphatic carbocycles. The Morgan fingerprint density at radius 3 is 1.47 bits per heavy atom. The van der Waals surface area contributed by atoms with Crippen LogP contribution >= 0.6 is 0 Å². The van der Waals surface area contributed by atoms with Gasteiger partial charge in [0.15, 0.2) is 0 Å². The van der Waals surface area contributed by atoms with Crippen LogP contribution in [-0.2, 0) is 0 Å². The Kier molecular flexibility index (Phi) is 6.96. The summed E-state index contributed by atoms with van der Waals surface area (Å²) >= 11 is 0. The zero-order valence-electron chi connectivity index (χ0n) is 29.8. The average Bonchev–Trinajstić information content (AvgIpc) is 3.64. The minimum absolute atomic E-state index is 0.533. The number of fused-ring (bicyclic) bond motifs is 7. The molecule has 11 aromatic rings. The molecule has 2 heteroatoms. The predicted molar refractivity (Wildman–Crippen MR) is 232 cm³/mol. The van der Waals surface area contributed by atoms with Crippen molar-refractivity contribution >= 4 is 70.7 Å². The minimum atomic E-state index is 0.533. The third kappa shape index (κ3) is 4.95. The second kappa shape index (κ2) is 12.3. The first-order valence-electron chi connectivity index (χ1n) is 18.6. The van der Waals surface area contributed by atoms with Crippen molar-refractivity contribution in [2.45, 2.75) is 0 Å². The summed E-state index contributed by atoms with van der Waals surface area (Å²) in [5.74, 6) is 0. The van der Waals surface area contributed by atoms with Gasteiger partial charge in [0.05, 0.1) is 6.57 Å². The van der Waals surface area contributed by atoms with Crippen LogP contribution in [0, 0.1) is 6.57 Å². The molecule has 0 saturated heterocycles. The fraction of sp³-hybridized carbons (Fsp3) is 0. The van der Waals surface area contributed by atoms with Crippen LogP contribution in [0.1, 0.15) is 0 Å². The molecule has 1 heterocycles. The molecule has 10 aromatic carbocycles. The van der Waals surface area contributed by atoms with Gasteiger partial charge in [0.25, 0.3) is 0 Å². The molecular formula is C53H31NO. The van der Waals surface area contributed by atoms with Gasteiger partial charge in [-0.05, 0) is 100 Å². The van der Waals surface area contributed by atoms with Gasteiger partial charge in [0, 0.05) is 16.3 Å². The van der Waals surface area contributed by atoms with Gasteiger partial charge in [0.2, 0.25) is 5.69 Å². The SMILES string of the molecule is [C-]#[N+]c1cccc2c1oc1c(-c3ccc(-c4ccc5c(-c6ccc7ccccc7c6)c6ccccc6c(-c6ccc7ccccc7c6)c5c4)cc3)cccc12. The van der Waals surface area contributed by atoms with Crippen molar-refractivity contribution in [3.63, 3.8) is 0 Å². The summed E-state index contributed by atoms with van der Waals surface area (Å²) < 4.78 is 6.40. The van der Waals surface area contributed by atoms with E-state index in [0.29, 0.717) is 11.3 Å². The zero-order chi connectivity index (χ0) is 36.5. The fourth-order valence-corrected chi connectivity index (χ4v) is 8.63. The van der Waals surface area contributed by atoms with Gasteiger partial charge in [0.1, 0.15) is 11.2 Å². The summed E-state index contributed by atoms with van der Waals surface area (Å²) in [5.41, 5.74) is 11.3. The van der Waals surface area contributed by atoms with Crippen molar-refractivity contribution in [3.05, 3.63) is 199 Å². The van der Waals surface area contributed by atoms with Crippen LogP contribution in [0.25, 0.3) is 114 Å². The minimum Gasteiger partial charge on any atom is -0.466 e. The second-order valence-electron chi connectivity index (χ2n) is 14.3. The van der Waals surface area contributed by atoms with E-state index in [9.17, 15) is 0 Å². The van der Waals surface area contributed by atoms with Gasteiger partial charge in [-0.2, -0.15) is 0 Å². The topological polar surface area (TPSA) is 17.5 Å². The van der Waals surface area contributed by atoms with E-state index in [-0.39, 0.29) is 0 Å². The van der Waals surface area contributed by atoms with Gasteiger partial charge < -0.3 is 4.42 Å². The molecule has 0 N–H and O–H groups in total. The quantitative estimate of drug-likeness (QED) is 0.132. The maximum absolute atomic E-state index is 7.66. The van der Waals surface area contributed by atoms with E-state index in [4.69, 9.17) is 11.0 Å². The van der Waals surface area contributed by atoms with Gasteiger partial charge in [-0.3, -0.25) is 0 Å². The van der Waals surface area contributed by atoms with E-state index in [1.807, 2.05) is 18.2 Å². The molecule has 0 amide bonds. The van der Waals surface area contributed by atoms with E-state index in [0.717, 1.165) is 38.6 Å². The molecule has 1 aromatic heterocycles. The Morgan fingerprint density at radius 2 is 0.818 bits per heavy atom. The third-order valence-corrected chi connectivity index (χ3v) is 11.3. The highest BCUT2D eigenvalue weighted by Gasteiger charge is 2.19. The lowest BCUT2D eigenvalue weighted by Crippen LogP contribution is -1.92. The monoisotopic (exact) mass is 697 g/mol. The molecule has 0 fully saturated rings. The van der Waals surface area contributed by atoms with E-state index in [1.165, 1.54) is 65.3 Å². The Labute approximate surface area is 318 Å². The maximum atomic E-state index is 7.66. The Morgan fingerprint density at radius 1 is 0.327 bits per heavy atom. The fourth-order valence-electron chi connectivity index (χ4n) is 8.63. The third-order valence-electron chi connectivity index (χ3n) is 11.3. The van der Waals surface area contributed by atoms with Crippen molar-refractivity contribution in [1.82, 2.24) is 0 Å². The van der Waals surface area contributed by atoms with Crippen molar-refractivity contribution in [1.29, 1.82) is 0 Å². The lowest BCUT2D eigenvalue weighted by molar-refractivity contribution is 0.672. The number of nitrogens with zero attached hydrogens (tertiary/aromatic N) is 1. The number of furan rings is 1. The molecule has 0 bridgehead atoms. The van der Waals surface area contributed by atoms with Crippen molar-refractivity contribution in [2.24, 2.45) is 0 Å². The van der Waals surface area contributed by atoms with Crippen LogP contribution < -0.4 is 0 Å². The molecule has 0 unspecified atom stereocenters. The normalized spacial score (nSPS) is 11.6. The number of hydrogen-bond acceptors (Lipinski definition) is 1. The smallest absolute Gasteiger partial charge is 0.229 e. The van der Waals surface area contributed by atoms with Crippen LogP contribution in [0.2, 0.25) is 0 Å². The number of hydrogen-bond donors (Lipinski definition) is 0. The Balaban J connectivity index is 1.12. The van der Waals surface area contributed by atoms with Crippen LogP contribution in [0.15, 0.2) is 192 Å². The van der Waals surface area contributed by atoms with E-state index < -0.39 is 0 Å². The molecule has 0 aliphatic rings. The lowest BCUT2D eigenvalue weighted by atomic mass is 9.84. The maximum Gasteiger partial charge on any atom is 0.229 e. The number of para-hydroxylation sites is 2. The first-order valence-corrected chi connectivity index (χ1v) is 18.6. The predicted octanol–water partition coefficient (Wildman–Crippen LogP) is 15.4. The second-order valence-corrected chi connectivity index (χ2v) is 14.3. The molecule has 2 nitrogen and oxygen atoms in total. The largest absolute Gasteiger partial charge is 0.466 e. The standard InChI is InChI=1S/C53H31NO/c1-54-49-19-9-18-47-46-17-8-16-42(52(46)55-53(47)49)36-24-20-35(21-25-36)39-28-29-45-48(32-39)51(41-27-23-34-11-3-5-13-38(34)31-41)44-15-7-6-14-43(44)50(45)40-26-22-33-10-2-4-12-37(33)30-40/h2-32H. The zero-order valence-corrected chi connectivity index (χ0v) is 29.8.